The molecule has 17 heavy (non-hydrogen) atoms. The van der Waals surface area contributed by atoms with E-state index in [-0.39, 0.29) is 5.91 Å². The average molecular weight is 248 g/mol. The van der Waals surface area contributed by atoms with Crippen molar-refractivity contribution in [3.05, 3.63) is 23.8 Å². The predicted octanol–water partition coefficient (Wildman–Crippen LogP) is 2.26. The Kier molecular flexibility index (Phi) is 2.74. The van der Waals surface area contributed by atoms with Crippen LogP contribution in [0.2, 0.25) is 0 Å². The molecule has 1 unspecified atom stereocenters. The number of amides is 1. The summed E-state index contributed by atoms with van der Waals surface area (Å²) in [5.41, 5.74) is 3.35. The van der Waals surface area contributed by atoms with E-state index in [4.69, 9.17) is 0 Å². The molecule has 1 saturated heterocycles. The zero-order valence-corrected chi connectivity index (χ0v) is 10.7. The zero-order chi connectivity index (χ0) is 11.8. The van der Waals surface area contributed by atoms with Crippen molar-refractivity contribution in [2.75, 3.05) is 28.3 Å². The van der Waals surface area contributed by atoms with Gasteiger partial charge in [0.15, 0.2) is 0 Å². The van der Waals surface area contributed by atoms with Gasteiger partial charge in [-0.15, -0.1) is 0 Å². The highest BCUT2D eigenvalue weighted by atomic mass is 32.2. The normalized spacial score (nSPS) is 23.5. The Morgan fingerprint density at radius 1 is 1.47 bits per heavy atom. The number of nitrogens with zero attached hydrogens (tertiary/aromatic N) is 1. The molecule has 0 spiro atoms. The van der Waals surface area contributed by atoms with Crippen LogP contribution in [0.1, 0.15) is 12.0 Å². The summed E-state index contributed by atoms with van der Waals surface area (Å²) in [4.78, 5) is 14.3. The number of aryl methyl sites for hydroxylation is 1. The summed E-state index contributed by atoms with van der Waals surface area (Å²) in [6.45, 7) is 3.10. The van der Waals surface area contributed by atoms with Gasteiger partial charge in [-0.3, -0.25) is 4.79 Å². The maximum absolute atomic E-state index is 11.9. The number of carbonyl (C=O) groups excluding carboxylic acids is 1. The molecule has 2 heterocycles. The van der Waals surface area contributed by atoms with Crippen molar-refractivity contribution < 1.29 is 4.79 Å². The van der Waals surface area contributed by atoms with Crippen LogP contribution < -0.4 is 10.2 Å². The second kappa shape index (κ2) is 4.26. The lowest BCUT2D eigenvalue weighted by Gasteiger charge is -2.35. The smallest absolute Gasteiger partial charge is 0.226 e. The first-order valence-corrected chi connectivity index (χ1v) is 7.14. The Morgan fingerprint density at radius 2 is 2.35 bits per heavy atom. The molecule has 1 amide bonds. The minimum Gasteiger partial charge on any atom is -0.365 e. The summed E-state index contributed by atoms with van der Waals surface area (Å²) in [7, 11) is 0. The first-order chi connectivity index (χ1) is 8.24. The van der Waals surface area contributed by atoms with Crippen molar-refractivity contribution >= 4 is 29.0 Å². The molecule has 3 nitrogen and oxygen atoms in total. The van der Waals surface area contributed by atoms with Crippen LogP contribution in [0, 0.1) is 6.92 Å². The standard InChI is InChI=1S/C13H16N2OS/c1-9-2-3-12-11(6-9)14-13(16)7-10-8-17-5-4-15(10)12/h2-3,6,10H,4-5,7-8H2,1H3,(H,14,16). The van der Waals surface area contributed by atoms with Gasteiger partial charge in [-0.1, -0.05) is 6.07 Å². The van der Waals surface area contributed by atoms with Gasteiger partial charge in [-0.25, -0.2) is 0 Å². The fraction of sp³-hybridized carbons (Fsp3) is 0.462. The molecule has 1 N–H and O–H groups in total. The number of carbonyl (C=O) groups is 1. The number of hydrogen-bond acceptors (Lipinski definition) is 3. The summed E-state index contributed by atoms with van der Waals surface area (Å²) < 4.78 is 0. The summed E-state index contributed by atoms with van der Waals surface area (Å²) >= 11 is 1.95. The van der Waals surface area contributed by atoms with Gasteiger partial charge in [-0.05, 0) is 24.6 Å². The van der Waals surface area contributed by atoms with E-state index in [9.17, 15) is 4.79 Å². The second-order valence-electron chi connectivity index (χ2n) is 4.70. The van der Waals surface area contributed by atoms with Gasteiger partial charge in [-0.2, -0.15) is 11.8 Å². The van der Waals surface area contributed by atoms with E-state index in [0.29, 0.717) is 12.5 Å². The lowest BCUT2D eigenvalue weighted by Crippen LogP contribution is -2.42. The van der Waals surface area contributed by atoms with Crippen LogP contribution in [0.3, 0.4) is 0 Å². The van der Waals surface area contributed by atoms with E-state index in [0.717, 1.165) is 23.7 Å². The van der Waals surface area contributed by atoms with Crippen LogP contribution >= 0.6 is 11.8 Å². The molecule has 0 aliphatic carbocycles. The summed E-state index contributed by atoms with van der Waals surface area (Å²) in [6, 6.07) is 6.68. The van der Waals surface area contributed by atoms with E-state index < -0.39 is 0 Å². The number of hydrogen-bond donors (Lipinski definition) is 1. The molecule has 0 bridgehead atoms. The average Bonchev–Trinajstić information content (AvgIpc) is 2.43. The minimum atomic E-state index is 0.145. The molecule has 2 aliphatic rings. The van der Waals surface area contributed by atoms with Crippen molar-refractivity contribution in [1.82, 2.24) is 0 Å². The van der Waals surface area contributed by atoms with Crippen molar-refractivity contribution in [3.63, 3.8) is 0 Å². The third-order valence-corrected chi connectivity index (χ3v) is 4.48. The molecule has 0 saturated carbocycles. The molecular formula is C13H16N2OS. The SMILES string of the molecule is Cc1ccc2c(c1)NC(=O)CC1CSCCN21. The van der Waals surface area contributed by atoms with E-state index in [2.05, 4.69) is 35.3 Å². The number of fused-ring (bicyclic) bond motifs is 3. The molecule has 3 rings (SSSR count). The van der Waals surface area contributed by atoms with Crippen LogP contribution in [-0.2, 0) is 4.79 Å². The Labute approximate surface area is 106 Å². The van der Waals surface area contributed by atoms with Gasteiger partial charge in [0.2, 0.25) is 5.91 Å². The molecular weight excluding hydrogens is 232 g/mol. The summed E-state index contributed by atoms with van der Waals surface area (Å²) in [5, 5.41) is 3.03. The van der Waals surface area contributed by atoms with Gasteiger partial charge in [0.1, 0.15) is 0 Å². The Bertz CT molecular complexity index is 461. The highest BCUT2D eigenvalue weighted by Gasteiger charge is 2.30. The molecule has 1 atom stereocenters. The number of nitrogens with one attached hydrogen (secondary N) is 1. The number of anilines is 2. The number of benzene rings is 1. The zero-order valence-electron chi connectivity index (χ0n) is 9.90. The van der Waals surface area contributed by atoms with E-state index in [1.54, 1.807) is 0 Å². The van der Waals surface area contributed by atoms with Gasteiger partial charge in [0.05, 0.1) is 11.4 Å². The molecule has 1 aromatic rings. The van der Waals surface area contributed by atoms with Gasteiger partial charge in [0, 0.05) is 30.5 Å². The minimum absolute atomic E-state index is 0.145. The summed E-state index contributed by atoms with van der Waals surface area (Å²) in [6.07, 6.45) is 0.612. The van der Waals surface area contributed by atoms with Crippen molar-refractivity contribution in [1.29, 1.82) is 0 Å². The van der Waals surface area contributed by atoms with E-state index >= 15 is 0 Å². The van der Waals surface area contributed by atoms with Gasteiger partial charge < -0.3 is 10.2 Å². The van der Waals surface area contributed by atoms with E-state index in [1.165, 1.54) is 11.3 Å². The highest BCUT2D eigenvalue weighted by molar-refractivity contribution is 7.99. The molecule has 0 radical (unpaired) electrons. The quantitative estimate of drug-likeness (QED) is 0.764. The molecule has 0 aromatic heterocycles. The van der Waals surface area contributed by atoms with Crippen LogP contribution in [0.5, 0.6) is 0 Å². The topological polar surface area (TPSA) is 32.3 Å². The van der Waals surface area contributed by atoms with Crippen molar-refractivity contribution in [2.24, 2.45) is 0 Å². The number of rotatable bonds is 0. The monoisotopic (exact) mass is 248 g/mol. The fourth-order valence-corrected chi connectivity index (χ4v) is 3.62. The lowest BCUT2D eigenvalue weighted by atomic mass is 10.1. The summed E-state index contributed by atoms with van der Waals surface area (Å²) in [5.74, 6) is 2.35. The first-order valence-electron chi connectivity index (χ1n) is 5.99. The fourth-order valence-electron chi connectivity index (χ4n) is 2.56. The maximum Gasteiger partial charge on any atom is 0.226 e. The van der Waals surface area contributed by atoms with Gasteiger partial charge >= 0.3 is 0 Å². The molecule has 1 fully saturated rings. The van der Waals surface area contributed by atoms with Crippen molar-refractivity contribution in [2.45, 2.75) is 19.4 Å². The highest BCUT2D eigenvalue weighted by Crippen LogP contribution is 2.35. The Morgan fingerprint density at radius 3 is 3.24 bits per heavy atom. The van der Waals surface area contributed by atoms with E-state index in [1.807, 2.05) is 11.8 Å². The van der Waals surface area contributed by atoms with Gasteiger partial charge in [0.25, 0.3) is 0 Å². The Hall–Kier alpha value is -1.16. The third kappa shape index (κ3) is 2.02. The molecule has 90 valence electrons. The lowest BCUT2D eigenvalue weighted by molar-refractivity contribution is -0.116. The first kappa shape index (κ1) is 11.0. The van der Waals surface area contributed by atoms with Crippen LogP contribution in [0.4, 0.5) is 11.4 Å². The molecule has 2 aliphatic heterocycles. The molecule has 4 heteroatoms. The van der Waals surface area contributed by atoms with Crippen LogP contribution in [0.25, 0.3) is 0 Å². The van der Waals surface area contributed by atoms with Crippen LogP contribution in [-0.4, -0.2) is 30.0 Å². The number of thioether (sulfide) groups is 1. The largest absolute Gasteiger partial charge is 0.365 e. The molecule has 1 aromatic carbocycles. The maximum atomic E-state index is 11.9. The predicted molar refractivity (Wildman–Crippen MR) is 72.9 cm³/mol. The van der Waals surface area contributed by atoms with Crippen LogP contribution in [0.15, 0.2) is 18.2 Å². The Balaban J connectivity index is 2.05. The third-order valence-electron chi connectivity index (χ3n) is 3.38. The second-order valence-corrected chi connectivity index (χ2v) is 5.84. The van der Waals surface area contributed by atoms with Crippen molar-refractivity contribution in [3.8, 4) is 0 Å².